The number of nitrogens with one attached hydrogen (secondary N) is 2. The minimum absolute atomic E-state index is 0.0184. The van der Waals surface area contributed by atoms with Crippen LogP contribution in [0, 0.1) is 6.92 Å². The summed E-state index contributed by atoms with van der Waals surface area (Å²) in [5.74, 6) is 0.739. The van der Waals surface area contributed by atoms with Gasteiger partial charge in [0.1, 0.15) is 23.5 Å². The average Bonchev–Trinajstić information content (AvgIpc) is 3.43. The highest BCUT2D eigenvalue weighted by atomic mass is 32.2. The van der Waals surface area contributed by atoms with Crippen molar-refractivity contribution in [2.24, 2.45) is 7.05 Å². The van der Waals surface area contributed by atoms with E-state index in [0.29, 0.717) is 23.9 Å². The molecule has 1 aromatic carbocycles. The van der Waals surface area contributed by atoms with E-state index in [1.54, 1.807) is 28.8 Å². The van der Waals surface area contributed by atoms with E-state index in [1.165, 1.54) is 6.26 Å². The van der Waals surface area contributed by atoms with Crippen LogP contribution in [0.2, 0.25) is 0 Å². The Bertz CT molecular complexity index is 1220. The molecule has 0 radical (unpaired) electrons. The zero-order chi connectivity index (χ0) is 21.8. The Kier molecular flexibility index (Phi) is 5.99. The molecule has 3 aromatic heterocycles. The summed E-state index contributed by atoms with van der Waals surface area (Å²) in [5.41, 5.74) is 2.85. The molecule has 158 valence electrons. The Labute approximate surface area is 183 Å². The minimum Gasteiger partial charge on any atom is -0.440 e. The van der Waals surface area contributed by atoms with Crippen molar-refractivity contribution in [1.82, 2.24) is 30.0 Å². The summed E-state index contributed by atoms with van der Waals surface area (Å²) in [6.07, 6.45) is 6.80. The second-order valence-electron chi connectivity index (χ2n) is 6.76. The summed E-state index contributed by atoms with van der Waals surface area (Å²) in [7, 11) is 1.82. The zero-order valence-corrected chi connectivity index (χ0v) is 18.1. The lowest BCUT2D eigenvalue weighted by Crippen LogP contribution is -2.23. The van der Waals surface area contributed by atoms with E-state index in [2.05, 4.69) is 30.7 Å². The van der Waals surface area contributed by atoms with E-state index in [4.69, 9.17) is 4.42 Å². The van der Waals surface area contributed by atoms with E-state index in [0.717, 1.165) is 21.8 Å². The lowest BCUT2D eigenvalue weighted by Gasteiger charge is -2.07. The first-order chi connectivity index (χ1) is 15.0. The maximum atomic E-state index is 12.5. The Hall–Kier alpha value is -3.66. The third-order valence-corrected chi connectivity index (χ3v) is 5.29. The van der Waals surface area contributed by atoms with Gasteiger partial charge in [0, 0.05) is 30.8 Å². The number of oxazole rings is 1. The number of carbonyl (C=O) groups is 1. The number of hydrogen-bond acceptors (Lipinski definition) is 8. The van der Waals surface area contributed by atoms with Crippen LogP contribution < -0.4 is 10.6 Å². The van der Waals surface area contributed by atoms with Gasteiger partial charge >= 0.3 is 5.91 Å². The molecule has 3 heterocycles. The van der Waals surface area contributed by atoms with Crippen LogP contribution in [-0.4, -0.2) is 36.9 Å². The maximum absolute atomic E-state index is 12.5. The molecule has 9 nitrogen and oxygen atoms in total. The molecule has 0 unspecified atom stereocenters. The molecular formula is C21H21N7O2S. The van der Waals surface area contributed by atoms with Crippen molar-refractivity contribution < 1.29 is 9.21 Å². The number of aryl methyl sites for hydroxylation is 2. The number of aromatic nitrogens is 5. The van der Waals surface area contributed by atoms with Crippen LogP contribution in [0.5, 0.6) is 0 Å². The monoisotopic (exact) mass is 435 g/mol. The average molecular weight is 436 g/mol. The molecule has 0 saturated heterocycles. The third kappa shape index (κ3) is 4.75. The van der Waals surface area contributed by atoms with Gasteiger partial charge in [0.2, 0.25) is 5.95 Å². The fraction of sp³-hybridized carbons (Fsp3) is 0.190. The molecule has 0 atom stereocenters. The number of hydrogen-bond donors (Lipinski definition) is 2. The van der Waals surface area contributed by atoms with E-state index in [9.17, 15) is 4.79 Å². The smallest absolute Gasteiger partial charge is 0.307 e. The topological polar surface area (TPSA) is 111 Å². The van der Waals surface area contributed by atoms with Gasteiger partial charge in [-0.05, 0) is 36.4 Å². The Morgan fingerprint density at radius 1 is 1.26 bits per heavy atom. The summed E-state index contributed by atoms with van der Waals surface area (Å²) in [5, 5.41) is 10.0. The number of thioether (sulfide) groups is 1. The Balaban J connectivity index is 1.48. The van der Waals surface area contributed by atoms with Crippen LogP contribution in [0.3, 0.4) is 0 Å². The summed E-state index contributed by atoms with van der Waals surface area (Å²) in [6.45, 7) is 2.26. The van der Waals surface area contributed by atoms with Gasteiger partial charge in [-0.25, -0.2) is 15.0 Å². The van der Waals surface area contributed by atoms with Crippen LogP contribution in [0.4, 0.5) is 11.8 Å². The second kappa shape index (κ2) is 9.00. The van der Waals surface area contributed by atoms with E-state index in [1.807, 2.05) is 50.6 Å². The van der Waals surface area contributed by atoms with Crippen LogP contribution in [-0.2, 0) is 13.6 Å². The van der Waals surface area contributed by atoms with Gasteiger partial charge in [-0.2, -0.15) is 5.10 Å². The molecule has 1 amide bonds. The Morgan fingerprint density at radius 2 is 2.13 bits per heavy atom. The lowest BCUT2D eigenvalue weighted by atomic mass is 10.2. The summed E-state index contributed by atoms with van der Waals surface area (Å²) in [4.78, 5) is 26.8. The molecule has 0 saturated carbocycles. The minimum atomic E-state index is -0.388. The fourth-order valence-corrected chi connectivity index (χ4v) is 3.38. The van der Waals surface area contributed by atoms with Crippen molar-refractivity contribution in [3.05, 3.63) is 66.0 Å². The number of carbonyl (C=O) groups excluding carboxylic acids is 1. The largest absolute Gasteiger partial charge is 0.440 e. The van der Waals surface area contributed by atoms with Crippen LogP contribution in [0.15, 0.2) is 58.3 Å². The number of amides is 1. The molecular weight excluding hydrogens is 414 g/mol. The van der Waals surface area contributed by atoms with E-state index in [-0.39, 0.29) is 11.8 Å². The lowest BCUT2D eigenvalue weighted by molar-refractivity contribution is 0.0916. The fourth-order valence-electron chi connectivity index (χ4n) is 2.90. The number of anilines is 2. The molecule has 4 rings (SSSR count). The molecule has 31 heavy (non-hydrogen) atoms. The van der Waals surface area contributed by atoms with Crippen molar-refractivity contribution in [3.63, 3.8) is 0 Å². The summed E-state index contributed by atoms with van der Waals surface area (Å²) in [6, 6.07) is 9.80. The first-order valence-corrected chi connectivity index (χ1v) is 10.7. The van der Waals surface area contributed by atoms with Crippen molar-refractivity contribution in [2.45, 2.75) is 18.4 Å². The number of nitrogens with zero attached hydrogens (tertiary/aromatic N) is 5. The predicted molar refractivity (Wildman–Crippen MR) is 118 cm³/mol. The van der Waals surface area contributed by atoms with Gasteiger partial charge in [0.15, 0.2) is 0 Å². The van der Waals surface area contributed by atoms with Gasteiger partial charge in [-0.1, -0.05) is 12.1 Å². The molecule has 2 N–H and O–H groups in total. The first kappa shape index (κ1) is 20.6. The Morgan fingerprint density at radius 3 is 2.90 bits per heavy atom. The van der Waals surface area contributed by atoms with Crippen LogP contribution in [0.25, 0.3) is 11.4 Å². The molecule has 10 heteroatoms. The van der Waals surface area contributed by atoms with E-state index < -0.39 is 0 Å². The van der Waals surface area contributed by atoms with Crippen LogP contribution in [0.1, 0.15) is 21.8 Å². The van der Waals surface area contributed by atoms with Crippen LogP contribution >= 0.6 is 11.8 Å². The molecule has 0 aliphatic heterocycles. The van der Waals surface area contributed by atoms with Crippen molar-refractivity contribution in [1.29, 1.82) is 0 Å². The second-order valence-corrected chi connectivity index (χ2v) is 7.64. The molecule has 0 aliphatic carbocycles. The quantitative estimate of drug-likeness (QED) is 0.424. The zero-order valence-electron chi connectivity index (χ0n) is 17.3. The maximum Gasteiger partial charge on any atom is 0.307 e. The summed E-state index contributed by atoms with van der Waals surface area (Å²) >= 11 is 1.65. The molecule has 0 bridgehead atoms. The number of benzene rings is 1. The molecule has 4 aromatic rings. The standard InChI is InChI=1S/C21H21N7O2S/c1-13-10-23-21(26-17-7-8-24-28(17)2)27-18(13)16-12-30-20(25-16)19(29)22-11-14-5-4-6-15(9-14)31-3/h4-10,12H,11H2,1-3H3,(H,22,29)(H,23,26,27). The highest BCUT2D eigenvalue weighted by Gasteiger charge is 2.17. The third-order valence-electron chi connectivity index (χ3n) is 4.56. The highest BCUT2D eigenvalue weighted by molar-refractivity contribution is 7.98. The summed E-state index contributed by atoms with van der Waals surface area (Å²) < 4.78 is 7.09. The molecule has 0 fully saturated rings. The van der Waals surface area contributed by atoms with Gasteiger partial charge in [-0.15, -0.1) is 11.8 Å². The van der Waals surface area contributed by atoms with Crippen molar-refractivity contribution in [3.8, 4) is 11.4 Å². The van der Waals surface area contributed by atoms with Crippen molar-refractivity contribution in [2.75, 3.05) is 11.6 Å². The van der Waals surface area contributed by atoms with Crippen molar-refractivity contribution >= 4 is 29.4 Å². The van der Waals surface area contributed by atoms with Gasteiger partial charge in [-0.3, -0.25) is 9.48 Å². The predicted octanol–water partition coefficient (Wildman–Crippen LogP) is 3.57. The molecule has 0 spiro atoms. The van der Waals surface area contributed by atoms with Gasteiger partial charge in [0.05, 0.1) is 6.20 Å². The highest BCUT2D eigenvalue weighted by Crippen LogP contribution is 2.22. The SMILES string of the molecule is CSc1cccc(CNC(=O)c2nc(-c3nc(Nc4ccnn4C)ncc3C)co2)c1. The first-order valence-electron chi connectivity index (χ1n) is 9.49. The normalized spacial score (nSPS) is 10.8. The van der Waals surface area contributed by atoms with Gasteiger partial charge < -0.3 is 15.1 Å². The van der Waals surface area contributed by atoms with E-state index >= 15 is 0 Å². The molecule has 0 aliphatic rings. The van der Waals surface area contributed by atoms with Gasteiger partial charge in [0.25, 0.3) is 5.89 Å². The number of rotatable bonds is 7.